The third-order valence-corrected chi connectivity index (χ3v) is 3.62. The van der Waals surface area contributed by atoms with Crippen molar-refractivity contribution in [3.8, 4) is 17.2 Å². The number of pyridine rings is 1. The zero-order valence-corrected chi connectivity index (χ0v) is 13.3. The molecule has 0 aliphatic heterocycles. The van der Waals surface area contributed by atoms with Gasteiger partial charge in [-0.3, -0.25) is 0 Å². The van der Waals surface area contributed by atoms with Crippen molar-refractivity contribution in [3.63, 3.8) is 0 Å². The van der Waals surface area contributed by atoms with Gasteiger partial charge in [0.2, 0.25) is 0 Å². The Labute approximate surface area is 144 Å². The average Bonchev–Trinajstić information content (AvgIpc) is 3.23. The van der Waals surface area contributed by atoms with Crippen LogP contribution in [0.3, 0.4) is 0 Å². The number of anilines is 1. The molecule has 0 amide bonds. The second-order valence-electron chi connectivity index (χ2n) is 5.35. The van der Waals surface area contributed by atoms with Crippen LogP contribution in [0.2, 0.25) is 0 Å². The molecule has 7 heteroatoms. The van der Waals surface area contributed by atoms with Gasteiger partial charge < -0.3 is 5.32 Å². The van der Waals surface area contributed by atoms with Gasteiger partial charge in [-0.05, 0) is 17.7 Å². The molecule has 1 N–H and O–H groups in total. The SMILES string of the molecule is c1ccc(-c2nccc(NCc3ccc(-n4cncn4)nc3)n2)cc1. The highest BCUT2D eigenvalue weighted by atomic mass is 15.3. The molecule has 0 spiro atoms. The third kappa shape index (κ3) is 3.50. The summed E-state index contributed by atoms with van der Waals surface area (Å²) in [6.45, 7) is 0.621. The normalized spacial score (nSPS) is 10.6. The molecule has 0 aliphatic rings. The van der Waals surface area contributed by atoms with Crippen molar-refractivity contribution >= 4 is 5.82 Å². The van der Waals surface area contributed by atoms with Crippen molar-refractivity contribution in [3.05, 3.63) is 79.1 Å². The first kappa shape index (κ1) is 14.9. The lowest BCUT2D eigenvalue weighted by Gasteiger charge is -2.07. The largest absolute Gasteiger partial charge is 0.366 e. The molecule has 3 aromatic heterocycles. The van der Waals surface area contributed by atoms with E-state index >= 15 is 0 Å². The summed E-state index contributed by atoms with van der Waals surface area (Å²) in [5.41, 5.74) is 2.04. The van der Waals surface area contributed by atoms with Gasteiger partial charge in [0.15, 0.2) is 11.6 Å². The molecular formula is C18H15N7. The Balaban J connectivity index is 1.45. The molecule has 0 fully saturated rings. The molecule has 0 bridgehead atoms. The van der Waals surface area contributed by atoms with Gasteiger partial charge in [-0.15, -0.1) is 0 Å². The molecule has 0 saturated carbocycles. The van der Waals surface area contributed by atoms with Crippen molar-refractivity contribution in [2.45, 2.75) is 6.54 Å². The number of hydrogen-bond acceptors (Lipinski definition) is 6. The summed E-state index contributed by atoms with van der Waals surface area (Å²) in [6.07, 6.45) is 6.66. The van der Waals surface area contributed by atoms with Crippen LogP contribution in [0.15, 0.2) is 73.6 Å². The molecule has 0 radical (unpaired) electrons. The summed E-state index contributed by atoms with van der Waals surface area (Å²) in [4.78, 5) is 17.2. The van der Waals surface area contributed by atoms with Crippen LogP contribution in [0.4, 0.5) is 5.82 Å². The molecule has 3 heterocycles. The first-order valence-electron chi connectivity index (χ1n) is 7.81. The Hall–Kier alpha value is -3.61. The van der Waals surface area contributed by atoms with Crippen molar-refractivity contribution in [2.75, 3.05) is 5.32 Å². The van der Waals surface area contributed by atoms with E-state index in [2.05, 4.69) is 30.4 Å². The molecule has 122 valence electrons. The van der Waals surface area contributed by atoms with Gasteiger partial charge >= 0.3 is 0 Å². The van der Waals surface area contributed by atoms with Crippen LogP contribution in [0.5, 0.6) is 0 Å². The van der Waals surface area contributed by atoms with E-state index in [0.29, 0.717) is 12.4 Å². The highest BCUT2D eigenvalue weighted by molar-refractivity contribution is 5.56. The molecule has 0 saturated heterocycles. The van der Waals surface area contributed by atoms with Crippen LogP contribution >= 0.6 is 0 Å². The van der Waals surface area contributed by atoms with E-state index in [0.717, 1.165) is 22.8 Å². The van der Waals surface area contributed by atoms with Crippen molar-refractivity contribution in [1.82, 2.24) is 29.7 Å². The van der Waals surface area contributed by atoms with Gasteiger partial charge in [-0.1, -0.05) is 36.4 Å². The van der Waals surface area contributed by atoms with E-state index in [1.54, 1.807) is 17.2 Å². The number of benzene rings is 1. The molecule has 4 rings (SSSR count). The van der Waals surface area contributed by atoms with Gasteiger partial charge in [0, 0.05) is 24.5 Å². The second kappa shape index (κ2) is 6.88. The molecule has 4 aromatic rings. The van der Waals surface area contributed by atoms with Crippen LogP contribution in [-0.4, -0.2) is 29.7 Å². The topological polar surface area (TPSA) is 81.4 Å². The second-order valence-corrected chi connectivity index (χ2v) is 5.35. The molecular weight excluding hydrogens is 314 g/mol. The van der Waals surface area contributed by atoms with Crippen LogP contribution in [0.1, 0.15) is 5.56 Å². The number of nitrogens with one attached hydrogen (secondary N) is 1. The predicted octanol–water partition coefficient (Wildman–Crippen LogP) is 2.73. The Morgan fingerprint density at radius 3 is 2.64 bits per heavy atom. The Kier molecular flexibility index (Phi) is 4.11. The van der Waals surface area contributed by atoms with Gasteiger partial charge in [-0.25, -0.2) is 24.6 Å². The standard InChI is InChI=1S/C18H15N7/c1-2-4-15(5-3-1)18-20-9-8-16(24-18)21-10-14-6-7-17(22-11-14)25-13-19-12-23-25/h1-9,11-13H,10H2,(H,20,21,24). The van der Waals surface area contributed by atoms with Gasteiger partial charge in [-0.2, -0.15) is 5.10 Å². The van der Waals surface area contributed by atoms with E-state index in [9.17, 15) is 0 Å². The lowest BCUT2D eigenvalue weighted by Crippen LogP contribution is -2.04. The van der Waals surface area contributed by atoms with Crippen LogP contribution in [0.25, 0.3) is 17.2 Å². The van der Waals surface area contributed by atoms with E-state index in [1.807, 2.05) is 54.7 Å². The van der Waals surface area contributed by atoms with Crippen LogP contribution in [0, 0.1) is 0 Å². The zero-order chi connectivity index (χ0) is 16.9. The Morgan fingerprint density at radius 2 is 1.88 bits per heavy atom. The fourth-order valence-electron chi connectivity index (χ4n) is 2.36. The van der Waals surface area contributed by atoms with Crippen molar-refractivity contribution in [2.24, 2.45) is 0 Å². The third-order valence-electron chi connectivity index (χ3n) is 3.62. The average molecular weight is 329 g/mol. The molecule has 1 aromatic carbocycles. The van der Waals surface area contributed by atoms with E-state index in [4.69, 9.17) is 0 Å². The molecule has 25 heavy (non-hydrogen) atoms. The lowest BCUT2D eigenvalue weighted by atomic mass is 10.2. The minimum Gasteiger partial charge on any atom is -0.366 e. The Morgan fingerprint density at radius 1 is 0.960 bits per heavy atom. The minimum atomic E-state index is 0.621. The van der Waals surface area contributed by atoms with Crippen LogP contribution in [-0.2, 0) is 6.54 Å². The number of hydrogen-bond donors (Lipinski definition) is 1. The van der Waals surface area contributed by atoms with Crippen LogP contribution < -0.4 is 5.32 Å². The number of aromatic nitrogens is 6. The van der Waals surface area contributed by atoms with Crippen molar-refractivity contribution in [1.29, 1.82) is 0 Å². The molecule has 0 aliphatic carbocycles. The van der Waals surface area contributed by atoms with E-state index in [-0.39, 0.29) is 0 Å². The first-order chi connectivity index (χ1) is 12.4. The summed E-state index contributed by atoms with van der Waals surface area (Å²) in [5.74, 6) is 2.20. The monoisotopic (exact) mass is 329 g/mol. The highest BCUT2D eigenvalue weighted by Gasteiger charge is 2.03. The molecule has 7 nitrogen and oxygen atoms in total. The zero-order valence-electron chi connectivity index (χ0n) is 13.3. The quantitative estimate of drug-likeness (QED) is 0.606. The number of rotatable bonds is 5. The molecule has 0 atom stereocenters. The summed E-state index contributed by atoms with van der Waals surface area (Å²) >= 11 is 0. The van der Waals surface area contributed by atoms with E-state index in [1.165, 1.54) is 6.33 Å². The van der Waals surface area contributed by atoms with E-state index < -0.39 is 0 Å². The lowest BCUT2D eigenvalue weighted by molar-refractivity contribution is 0.842. The summed E-state index contributed by atoms with van der Waals surface area (Å²) in [5, 5.41) is 7.36. The maximum absolute atomic E-state index is 4.55. The van der Waals surface area contributed by atoms with Gasteiger partial charge in [0.25, 0.3) is 0 Å². The maximum Gasteiger partial charge on any atom is 0.161 e. The smallest absolute Gasteiger partial charge is 0.161 e. The first-order valence-corrected chi connectivity index (χ1v) is 7.81. The fraction of sp³-hybridized carbons (Fsp3) is 0.0556. The summed E-state index contributed by atoms with van der Waals surface area (Å²) < 4.78 is 1.62. The predicted molar refractivity (Wildman–Crippen MR) is 93.9 cm³/mol. The fourth-order valence-corrected chi connectivity index (χ4v) is 2.36. The maximum atomic E-state index is 4.55. The highest BCUT2D eigenvalue weighted by Crippen LogP contribution is 2.16. The Bertz CT molecular complexity index is 935. The number of nitrogens with zero attached hydrogens (tertiary/aromatic N) is 6. The summed E-state index contributed by atoms with van der Waals surface area (Å²) in [7, 11) is 0. The van der Waals surface area contributed by atoms with Gasteiger partial charge in [0.05, 0.1) is 0 Å². The summed E-state index contributed by atoms with van der Waals surface area (Å²) in [6, 6.07) is 15.7. The van der Waals surface area contributed by atoms with Crippen molar-refractivity contribution < 1.29 is 0 Å². The molecule has 0 unspecified atom stereocenters. The van der Waals surface area contributed by atoms with Gasteiger partial charge in [0.1, 0.15) is 18.5 Å². The minimum absolute atomic E-state index is 0.621.